The normalized spacial score (nSPS) is 10.6. The fourth-order valence-electron chi connectivity index (χ4n) is 1.44. The molecular weight excluding hydrogens is 367 g/mol. The van der Waals surface area contributed by atoms with Crippen molar-refractivity contribution >= 4 is 27.5 Å². The van der Waals surface area contributed by atoms with Gasteiger partial charge in [0.15, 0.2) is 0 Å². The van der Waals surface area contributed by atoms with E-state index in [9.17, 15) is 4.39 Å². The number of benzene rings is 1. The molecule has 10 heteroatoms. The van der Waals surface area contributed by atoms with E-state index in [-0.39, 0.29) is 23.0 Å². The molecule has 0 spiro atoms. The summed E-state index contributed by atoms with van der Waals surface area (Å²) in [6.45, 7) is 0. The Kier molecular flexibility index (Phi) is 3.76. The van der Waals surface area contributed by atoms with Crippen molar-refractivity contribution in [2.75, 3.05) is 0 Å². The fourth-order valence-corrected chi connectivity index (χ4v) is 1.91. The molecule has 0 N–H and O–H groups in total. The molecule has 0 aliphatic carbocycles. The zero-order valence-corrected chi connectivity index (χ0v) is 12.5. The number of ether oxygens (including phenoxy) is 1. The van der Waals surface area contributed by atoms with Gasteiger partial charge >= 0.3 is 6.01 Å². The predicted octanol–water partition coefficient (Wildman–Crippen LogP) is 2.80. The molecule has 0 atom stereocenters. The molecule has 7 nitrogen and oxygen atoms in total. The van der Waals surface area contributed by atoms with E-state index in [1.54, 1.807) is 0 Å². The lowest BCUT2D eigenvalue weighted by molar-refractivity contribution is 0.431. The lowest BCUT2D eigenvalue weighted by atomic mass is 10.3. The molecule has 0 aliphatic heterocycles. The summed E-state index contributed by atoms with van der Waals surface area (Å²) in [5, 5.41) is 3.79. The van der Waals surface area contributed by atoms with Gasteiger partial charge in [0.1, 0.15) is 24.2 Å². The molecule has 0 unspecified atom stereocenters. The first kappa shape index (κ1) is 13.8. The maximum absolute atomic E-state index is 13.2. The van der Waals surface area contributed by atoms with Crippen LogP contribution in [0.15, 0.2) is 35.3 Å². The van der Waals surface area contributed by atoms with Gasteiger partial charge in [0, 0.05) is 6.07 Å². The van der Waals surface area contributed by atoms with Crippen LogP contribution in [-0.2, 0) is 0 Å². The molecule has 0 saturated carbocycles. The van der Waals surface area contributed by atoms with E-state index < -0.39 is 5.82 Å². The monoisotopic (exact) mass is 370 g/mol. The standard InChI is InChI=1S/C11H5BrClFN6O/c12-7-2-1-6(14)3-8(7)21-11-18-9(13)17-10(19-11)20-5-15-4-16-20/h1-5H. The Morgan fingerprint density at radius 2 is 2.10 bits per heavy atom. The second kappa shape index (κ2) is 5.70. The Labute approximate surface area is 130 Å². The number of nitrogens with zero attached hydrogens (tertiary/aromatic N) is 6. The third-order valence-corrected chi connectivity index (χ3v) is 3.12. The molecule has 0 fully saturated rings. The summed E-state index contributed by atoms with van der Waals surface area (Å²) in [5.74, 6) is -0.110. The summed E-state index contributed by atoms with van der Waals surface area (Å²) >= 11 is 9.05. The Morgan fingerprint density at radius 1 is 1.24 bits per heavy atom. The van der Waals surface area contributed by atoms with E-state index in [0.717, 1.165) is 0 Å². The highest BCUT2D eigenvalue weighted by atomic mass is 79.9. The van der Waals surface area contributed by atoms with Gasteiger partial charge in [-0.25, -0.2) is 9.37 Å². The van der Waals surface area contributed by atoms with Gasteiger partial charge in [-0.05, 0) is 39.7 Å². The van der Waals surface area contributed by atoms with Gasteiger partial charge in [-0.15, -0.1) is 0 Å². The van der Waals surface area contributed by atoms with Crippen molar-refractivity contribution in [1.29, 1.82) is 0 Å². The van der Waals surface area contributed by atoms with Crippen LogP contribution in [0.2, 0.25) is 5.28 Å². The zero-order chi connectivity index (χ0) is 14.8. The van der Waals surface area contributed by atoms with Gasteiger partial charge in [0.25, 0.3) is 5.95 Å². The molecule has 2 aromatic heterocycles. The van der Waals surface area contributed by atoms with E-state index in [1.807, 2.05) is 0 Å². The molecule has 2 heterocycles. The molecule has 1 aromatic carbocycles. The molecule has 0 aliphatic rings. The van der Waals surface area contributed by atoms with E-state index in [1.165, 1.54) is 35.5 Å². The number of hydrogen-bond donors (Lipinski definition) is 0. The maximum atomic E-state index is 13.2. The first-order chi connectivity index (χ1) is 10.1. The van der Waals surface area contributed by atoms with Gasteiger partial charge in [0.05, 0.1) is 4.47 Å². The summed E-state index contributed by atoms with van der Waals surface area (Å²) in [7, 11) is 0. The average Bonchev–Trinajstić information content (AvgIpc) is 2.96. The fraction of sp³-hybridized carbons (Fsp3) is 0. The van der Waals surface area contributed by atoms with Crippen molar-refractivity contribution in [3.63, 3.8) is 0 Å². The maximum Gasteiger partial charge on any atom is 0.328 e. The summed E-state index contributed by atoms with van der Waals surface area (Å²) in [5.41, 5.74) is 0. The number of halogens is 3. The van der Waals surface area contributed by atoms with Gasteiger partial charge in [-0.1, -0.05) is 0 Å². The number of hydrogen-bond acceptors (Lipinski definition) is 6. The molecule has 0 saturated heterocycles. The quantitative estimate of drug-likeness (QED) is 0.704. The minimum absolute atomic E-state index is 0.0852. The highest BCUT2D eigenvalue weighted by Crippen LogP contribution is 2.29. The number of aromatic nitrogens is 6. The van der Waals surface area contributed by atoms with Crippen LogP contribution < -0.4 is 4.74 Å². The Morgan fingerprint density at radius 3 is 2.86 bits per heavy atom. The van der Waals surface area contributed by atoms with Crippen molar-refractivity contribution in [3.8, 4) is 17.7 Å². The van der Waals surface area contributed by atoms with Crippen LogP contribution >= 0.6 is 27.5 Å². The molecule has 0 amide bonds. The molecular formula is C11H5BrClFN6O. The smallest absolute Gasteiger partial charge is 0.328 e. The van der Waals surface area contributed by atoms with Gasteiger partial charge in [-0.3, -0.25) is 0 Å². The average molecular weight is 372 g/mol. The highest BCUT2D eigenvalue weighted by molar-refractivity contribution is 9.10. The Balaban J connectivity index is 1.97. The Bertz CT molecular complexity index is 784. The summed E-state index contributed by atoms with van der Waals surface area (Å²) in [4.78, 5) is 15.5. The Hall–Kier alpha value is -2.13. The van der Waals surface area contributed by atoms with E-state index in [4.69, 9.17) is 16.3 Å². The molecule has 0 radical (unpaired) electrons. The third kappa shape index (κ3) is 3.14. The SMILES string of the molecule is Fc1ccc(Br)c(Oc2nc(Cl)nc(-n3cncn3)n2)c1. The lowest BCUT2D eigenvalue weighted by Crippen LogP contribution is -2.05. The minimum atomic E-state index is -0.454. The van der Waals surface area contributed by atoms with Crippen LogP contribution in [0.4, 0.5) is 4.39 Å². The molecule has 3 aromatic rings. The molecule has 106 valence electrons. The van der Waals surface area contributed by atoms with E-state index in [0.29, 0.717) is 4.47 Å². The van der Waals surface area contributed by atoms with Crippen LogP contribution in [0.1, 0.15) is 0 Å². The van der Waals surface area contributed by atoms with Gasteiger partial charge in [0.2, 0.25) is 5.28 Å². The molecule has 21 heavy (non-hydrogen) atoms. The minimum Gasteiger partial charge on any atom is -0.423 e. The van der Waals surface area contributed by atoms with Crippen molar-refractivity contribution in [2.24, 2.45) is 0 Å². The molecule has 3 rings (SSSR count). The summed E-state index contributed by atoms with van der Waals surface area (Å²) in [6.07, 6.45) is 2.72. The topological polar surface area (TPSA) is 78.6 Å². The van der Waals surface area contributed by atoms with E-state index >= 15 is 0 Å². The summed E-state index contributed by atoms with van der Waals surface area (Å²) in [6, 6.07) is 3.90. The van der Waals surface area contributed by atoms with Crippen molar-refractivity contribution < 1.29 is 9.13 Å². The van der Waals surface area contributed by atoms with Crippen LogP contribution in [0.3, 0.4) is 0 Å². The zero-order valence-electron chi connectivity index (χ0n) is 10.1. The third-order valence-electron chi connectivity index (χ3n) is 2.29. The highest BCUT2D eigenvalue weighted by Gasteiger charge is 2.11. The van der Waals surface area contributed by atoms with Crippen molar-refractivity contribution in [2.45, 2.75) is 0 Å². The van der Waals surface area contributed by atoms with Crippen LogP contribution in [0.25, 0.3) is 5.95 Å². The number of rotatable bonds is 3. The van der Waals surface area contributed by atoms with Gasteiger partial charge in [-0.2, -0.15) is 24.7 Å². The first-order valence-electron chi connectivity index (χ1n) is 5.51. The van der Waals surface area contributed by atoms with Crippen molar-refractivity contribution in [1.82, 2.24) is 29.7 Å². The van der Waals surface area contributed by atoms with Gasteiger partial charge < -0.3 is 4.74 Å². The second-order valence-electron chi connectivity index (χ2n) is 3.70. The summed E-state index contributed by atoms with van der Waals surface area (Å²) < 4.78 is 20.5. The first-order valence-corrected chi connectivity index (χ1v) is 6.68. The second-order valence-corrected chi connectivity index (χ2v) is 4.90. The molecule has 0 bridgehead atoms. The van der Waals surface area contributed by atoms with Crippen LogP contribution in [-0.4, -0.2) is 29.7 Å². The van der Waals surface area contributed by atoms with Crippen molar-refractivity contribution in [3.05, 3.63) is 46.4 Å². The largest absolute Gasteiger partial charge is 0.423 e. The van der Waals surface area contributed by atoms with E-state index in [2.05, 4.69) is 41.0 Å². The van der Waals surface area contributed by atoms with Crippen LogP contribution in [0, 0.1) is 5.82 Å². The lowest BCUT2D eigenvalue weighted by Gasteiger charge is -2.07. The predicted molar refractivity (Wildman–Crippen MR) is 73.9 cm³/mol. The van der Waals surface area contributed by atoms with Crippen LogP contribution in [0.5, 0.6) is 11.8 Å².